The van der Waals surface area contributed by atoms with Crippen LogP contribution in [0.15, 0.2) is 24.3 Å². The maximum atomic E-state index is 12.1. The summed E-state index contributed by atoms with van der Waals surface area (Å²) in [5.74, 6) is -0.266. The second-order valence-electron chi connectivity index (χ2n) is 5.17. The van der Waals surface area contributed by atoms with Crippen LogP contribution in [0.3, 0.4) is 0 Å². The van der Waals surface area contributed by atoms with Crippen molar-refractivity contribution in [3.63, 3.8) is 0 Å². The van der Waals surface area contributed by atoms with Gasteiger partial charge in [-0.2, -0.15) is 0 Å². The number of esters is 1. The van der Waals surface area contributed by atoms with Crippen LogP contribution in [0, 0.1) is 0 Å². The third-order valence-corrected chi connectivity index (χ3v) is 3.80. The van der Waals surface area contributed by atoms with E-state index in [2.05, 4.69) is 0 Å². The molecular weight excluding hydrogens is 228 g/mol. The van der Waals surface area contributed by atoms with Gasteiger partial charge in [0.05, 0.1) is 0 Å². The topological polar surface area (TPSA) is 35.5 Å². The molecule has 3 rings (SSSR count). The van der Waals surface area contributed by atoms with Crippen LogP contribution in [-0.2, 0) is 4.74 Å². The quantitative estimate of drug-likeness (QED) is 0.655. The number of benzene rings is 1. The number of ether oxygens (including phenoxy) is 2. The highest BCUT2D eigenvalue weighted by molar-refractivity contribution is 5.93. The molecule has 18 heavy (non-hydrogen) atoms. The Morgan fingerprint density at radius 1 is 0.889 bits per heavy atom. The Morgan fingerprint density at radius 3 is 2.33 bits per heavy atom. The molecule has 0 bridgehead atoms. The van der Waals surface area contributed by atoms with Crippen molar-refractivity contribution >= 4 is 5.97 Å². The Kier molecular flexibility index (Phi) is 2.98. The molecule has 0 aromatic heterocycles. The molecule has 1 spiro atoms. The van der Waals surface area contributed by atoms with Gasteiger partial charge < -0.3 is 9.47 Å². The van der Waals surface area contributed by atoms with Crippen LogP contribution >= 0.6 is 0 Å². The van der Waals surface area contributed by atoms with Crippen molar-refractivity contribution < 1.29 is 14.3 Å². The van der Waals surface area contributed by atoms with Gasteiger partial charge in [0.15, 0.2) is 0 Å². The zero-order chi connectivity index (χ0) is 12.4. The van der Waals surface area contributed by atoms with Crippen molar-refractivity contribution in [1.82, 2.24) is 0 Å². The van der Waals surface area contributed by atoms with Crippen molar-refractivity contribution in [3.05, 3.63) is 29.8 Å². The first kappa shape index (κ1) is 11.6. The van der Waals surface area contributed by atoms with Gasteiger partial charge in [-0.05, 0) is 25.0 Å². The Hall–Kier alpha value is -1.51. The smallest absolute Gasteiger partial charge is 0.345 e. The second kappa shape index (κ2) is 4.63. The first-order valence-corrected chi connectivity index (χ1v) is 6.81. The molecule has 3 heteroatoms. The summed E-state index contributed by atoms with van der Waals surface area (Å²) < 4.78 is 11.6. The van der Waals surface area contributed by atoms with Gasteiger partial charge in [-0.25, -0.2) is 4.79 Å². The highest BCUT2D eigenvalue weighted by atomic mass is 16.7. The predicted molar refractivity (Wildman–Crippen MR) is 67.5 cm³/mol. The molecular formula is C15H18O3. The number of hydrogen-bond donors (Lipinski definition) is 0. The molecule has 1 aromatic rings. The van der Waals surface area contributed by atoms with Crippen molar-refractivity contribution in [1.29, 1.82) is 0 Å². The summed E-state index contributed by atoms with van der Waals surface area (Å²) in [7, 11) is 0. The molecule has 0 atom stereocenters. The van der Waals surface area contributed by atoms with Crippen LogP contribution in [0.1, 0.15) is 55.3 Å². The minimum Gasteiger partial charge on any atom is -0.451 e. The van der Waals surface area contributed by atoms with Gasteiger partial charge in [-0.3, -0.25) is 0 Å². The zero-order valence-electron chi connectivity index (χ0n) is 10.5. The van der Waals surface area contributed by atoms with Gasteiger partial charge in [0.2, 0.25) is 0 Å². The van der Waals surface area contributed by atoms with E-state index in [9.17, 15) is 4.79 Å². The highest BCUT2D eigenvalue weighted by Gasteiger charge is 2.41. The van der Waals surface area contributed by atoms with E-state index in [1.54, 1.807) is 6.07 Å². The number of carbonyl (C=O) groups is 1. The zero-order valence-corrected chi connectivity index (χ0v) is 10.5. The summed E-state index contributed by atoms with van der Waals surface area (Å²) in [6, 6.07) is 7.34. The van der Waals surface area contributed by atoms with Gasteiger partial charge in [0.25, 0.3) is 5.79 Å². The van der Waals surface area contributed by atoms with Gasteiger partial charge in [-0.1, -0.05) is 31.4 Å². The van der Waals surface area contributed by atoms with Crippen LogP contribution in [0.5, 0.6) is 5.75 Å². The average molecular weight is 246 g/mol. The minimum atomic E-state index is -0.703. The molecule has 0 amide bonds. The second-order valence-corrected chi connectivity index (χ2v) is 5.17. The van der Waals surface area contributed by atoms with Crippen molar-refractivity contribution in [2.75, 3.05) is 0 Å². The molecule has 1 aromatic carbocycles. The van der Waals surface area contributed by atoms with Crippen molar-refractivity contribution in [3.8, 4) is 5.75 Å². The molecule has 0 unspecified atom stereocenters. The molecule has 1 fully saturated rings. The molecule has 1 aliphatic heterocycles. The van der Waals surface area contributed by atoms with Crippen LogP contribution in [0.2, 0.25) is 0 Å². The third kappa shape index (κ3) is 2.09. The largest absolute Gasteiger partial charge is 0.451 e. The maximum absolute atomic E-state index is 12.1. The highest BCUT2D eigenvalue weighted by Crippen LogP contribution is 2.38. The lowest BCUT2D eigenvalue weighted by Crippen LogP contribution is -2.45. The number of fused-ring (bicyclic) bond motifs is 1. The molecule has 96 valence electrons. The van der Waals surface area contributed by atoms with Gasteiger partial charge in [0.1, 0.15) is 11.3 Å². The van der Waals surface area contributed by atoms with E-state index in [-0.39, 0.29) is 5.97 Å². The number of para-hydroxylation sites is 1. The average Bonchev–Trinajstić information content (AvgIpc) is 2.35. The fraction of sp³-hybridized carbons (Fsp3) is 0.533. The Bertz CT molecular complexity index is 445. The fourth-order valence-electron chi connectivity index (χ4n) is 2.82. The summed E-state index contributed by atoms with van der Waals surface area (Å²) in [5, 5.41) is 0. The normalized spacial score (nSPS) is 22.3. The number of hydrogen-bond acceptors (Lipinski definition) is 3. The summed E-state index contributed by atoms with van der Waals surface area (Å²) >= 11 is 0. The Morgan fingerprint density at radius 2 is 1.56 bits per heavy atom. The molecule has 2 aliphatic rings. The third-order valence-electron chi connectivity index (χ3n) is 3.80. The van der Waals surface area contributed by atoms with E-state index < -0.39 is 5.79 Å². The Labute approximate surface area is 107 Å². The van der Waals surface area contributed by atoms with Crippen LogP contribution in [0.4, 0.5) is 0 Å². The first-order valence-electron chi connectivity index (χ1n) is 6.81. The van der Waals surface area contributed by atoms with Crippen molar-refractivity contribution in [2.45, 2.75) is 50.7 Å². The molecule has 1 saturated carbocycles. The summed E-state index contributed by atoms with van der Waals surface area (Å²) in [6.45, 7) is 0. The molecule has 3 nitrogen and oxygen atoms in total. The van der Waals surface area contributed by atoms with E-state index in [1.165, 1.54) is 19.3 Å². The summed E-state index contributed by atoms with van der Waals surface area (Å²) in [6.07, 6.45) is 7.43. The number of carbonyl (C=O) groups excluding carboxylic acids is 1. The standard InChI is InChI=1S/C15H18O3/c16-14-12-8-4-5-9-13(12)17-15(18-14)10-6-2-1-3-7-11-15/h4-5,8-9H,1-3,6-7,10-11H2. The number of rotatable bonds is 0. The van der Waals surface area contributed by atoms with Gasteiger partial charge >= 0.3 is 5.97 Å². The van der Waals surface area contributed by atoms with E-state index in [1.807, 2.05) is 18.2 Å². The van der Waals surface area contributed by atoms with E-state index >= 15 is 0 Å². The SMILES string of the molecule is O=C1OC2(CCCCCCC2)Oc2ccccc21. The maximum Gasteiger partial charge on any atom is 0.345 e. The lowest BCUT2D eigenvalue weighted by atomic mass is 9.94. The molecule has 1 heterocycles. The molecule has 0 N–H and O–H groups in total. The summed E-state index contributed by atoms with van der Waals surface area (Å²) in [5.41, 5.74) is 0.546. The predicted octanol–water partition coefficient (Wildman–Crippen LogP) is 3.68. The molecule has 1 aliphatic carbocycles. The van der Waals surface area contributed by atoms with Gasteiger partial charge in [-0.15, -0.1) is 0 Å². The van der Waals surface area contributed by atoms with Crippen LogP contribution < -0.4 is 4.74 Å². The monoisotopic (exact) mass is 246 g/mol. The van der Waals surface area contributed by atoms with E-state index in [0.717, 1.165) is 25.7 Å². The first-order chi connectivity index (χ1) is 8.79. The van der Waals surface area contributed by atoms with Crippen molar-refractivity contribution in [2.24, 2.45) is 0 Å². The molecule has 0 radical (unpaired) electrons. The summed E-state index contributed by atoms with van der Waals surface area (Å²) in [4.78, 5) is 12.1. The van der Waals surface area contributed by atoms with Gasteiger partial charge in [0, 0.05) is 12.8 Å². The minimum absolute atomic E-state index is 0.238. The van der Waals surface area contributed by atoms with E-state index in [0.29, 0.717) is 11.3 Å². The lowest BCUT2D eigenvalue weighted by molar-refractivity contribution is -0.167. The Balaban J connectivity index is 1.89. The van der Waals surface area contributed by atoms with Crippen LogP contribution in [0.25, 0.3) is 0 Å². The molecule has 0 saturated heterocycles. The van der Waals surface area contributed by atoms with E-state index in [4.69, 9.17) is 9.47 Å². The fourth-order valence-corrected chi connectivity index (χ4v) is 2.82. The van der Waals surface area contributed by atoms with Crippen LogP contribution in [-0.4, -0.2) is 11.8 Å². The lowest BCUT2D eigenvalue weighted by Gasteiger charge is -2.38.